The van der Waals surface area contributed by atoms with Crippen LogP contribution in [-0.2, 0) is 10.0 Å². The van der Waals surface area contributed by atoms with Gasteiger partial charge in [-0.3, -0.25) is 10.00 Å². The molecule has 3 heterocycles. The second-order valence-electron chi connectivity index (χ2n) is 5.26. The molecule has 2 aliphatic rings. The van der Waals surface area contributed by atoms with Crippen molar-refractivity contribution >= 4 is 15.8 Å². The van der Waals surface area contributed by atoms with E-state index >= 15 is 0 Å². The Morgan fingerprint density at radius 1 is 1.37 bits per heavy atom. The van der Waals surface area contributed by atoms with E-state index in [4.69, 9.17) is 5.73 Å². The molecule has 2 saturated heterocycles. The monoisotopic (exact) mass is 285 g/mol. The lowest BCUT2D eigenvalue weighted by molar-refractivity contribution is 0.186. The number of H-pyrrole nitrogens is 1. The number of sulfonamides is 1. The second-order valence-corrected chi connectivity index (χ2v) is 6.95. The number of rotatable bonds is 3. The van der Waals surface area contributed by atoms with Crippen LogP contribution in [-0.4, -0.2) is 48.7 Å². The molecule has 2 atom stereocenters. The maximum Gasteiger partial charge on any atom is 0.246 e. The lowest BCUT2D eigenvalue weighted by atomic mass is 10.00. The molecule has 4 N–H and O–H groups in total. The summed E-state index contributed by atoms with van der Waals surface area (Å²) in [6.07, 6.45) is 5.57. The quantitative estimate of drug-likeness (QED) is 0.719. The van der Waals surface area contributed by atoms with Gasteiger partial charge in [0.25, 0.3) is 0 Å². The first-order valence-electron chi connectivity index (χ1n) is 6.63. The Hall–Kier alpha value is -1.12. The predicted molar refractivity (Wildman–Crippen MR) is 70.9 cm³/mol. The van der Waals surface area contributed by atoms with E-state index < -0.39 is 10.0 Å². The third-order valence-corrected chi connectivity index (χ3v) is 5.60. The van der Waals surface area contributed by atoms with Crippen molar-refractivity contribution in [1.29, 1.82) is 0 Å². The molecule has 1 aromatic heterocycles. The van der Waals surface area contributed by atoms with Crippen molar-refractivity contribution in [2.24, 2.45) is 0 Å². The van der Waals surface area contributed by atoms with Crippen molar-refractivity contribution in [3.8, 4) is 0 Å². The number of nitrogens with two attached hydrogens (primary N) is 1. The molecule has 0 aliphatic carbocycles. The zero-order chi connectivity index (χ0) is 13.5. The van der Waals surface area contributed by atoms with Gasteiger partial charge < -0.3 is 5.73 Å². The number of hydrogen-bond donors (Lipinski definition) is 3. The summed E-state index contributed by atoms with van der Waals surface area (Å²) in [7, 11) is -3.58. The average molecular weight is 285 g/mol. The molecule has 7 nitrogen and oxygen atoms in total. The highest BCUT2D eigenvalue weighted by molar-refractivity contribution is 7.89. The van der Waals surface area contributed by atoms with Crippen LogP contribution >= 0.6 is 0 Å². The smallest absolute Gasteiger partial charge is 0.246 e. The SMILES string of the molecule is Nc1[nH]ncc1S(=O)(=O)NC1CCN2CCCCC12. The van der Waals surface area contributed by atoms with Crippen LogP contribution in [0.1, 0.15) is 25.7 Å². The number of aromatic nitrogens is 2. The van der Waals surface area contributed by atoms with Gasteiger partial charge in [-0.15, -0.1) is 0 Å². The molecular formula is C11H19N5O2S. The zero-order valence-electron chi connectivity index (χ0n) is 10.7. The van der Waals surface area contributed by atoms with Crippen LogP contribution in [0.5, 0.6) is 0 Å². The molecule has 2 aliphatic heterocycles. The fraction of sp³-hybridized carbons (Fsp3) is 0.727. The fourth-order valence-corrected chi connectivity index (χ4v) is 4.47. The van der Waals surface area contributed by atoms with Crippen molar-refractivity contribution in [3.05, 3.63) is 6.20 Å². The zero-order valence-corrected chi connectivity index (χ0v) is 11.5. The van der Waals surface area contributed by atoms with Gasteiger partial charge in [-0.25, -0.2) is 13.1 Å². The summed E-state index contributed by atoms with van der Waals surface area (Å²) in [5.74, 6) is 0.0889. The van der Waals surface area contributed by atoms with Gasteiger partial charge in [-0.05, 0) is 25.8 Å². The van der Waals surface area contributed by atoms with Gasteiger partial charge in [0.1, 0.15) is 10.7 Å². The minimum absolute atomic E-state index is 0.0143. The Bertz CT molecular complexity index is 555. The first-order chi connectivity index (χ1) is 9.08. The van der Waals surface area contributed by atoms with Crippen molar-refractivity contribution in [2.75, 3.05) is 18.8 Å². The summed E-state index contributed by atoms with van der Waals surface area (Å²) < 4.78 is 27.3. The van der Waals surface area contributed by atoms with E-state index in [9.17, 15) is 8.42 Å². The molecule has 0 amide bonds. The fourth-order valence-electron chi connectivity index (χ4n) is 3.15. The van der Waals surface area contributed by atoms with Crippen LogP contribution in [0.2, 0.25) is 0 Å². The van der Waals surface area contributed by atoms with Crippen LogP contribution in [0.3, 0.4) is 0 Å². The molecule has 0 radical (unpaired) electrons. The van der Waals surface area contributed by atoms with Gasteiger partial charge in [-0.1, -0.05) is 6.42 Å². The standard InChI is InChI=1S/C11H19N5O2S/c12-11-10(7-13-14-11)19(17,18)15-8-4-6-16-5-2-1-3-9(8)16/h7-9,15H,1-6H2,(H3,12,13,14). The molecule has 19 heavy (non-hydrogen) atoms. The first-order valence-corrected chi connectivity index (χ1v) is 8.11. The molecule has 0 bridgehead atoms. The van der Waals surface area contributed by atoms with Crippen LogP contribution < -0.4 is 10.5 Å². The predicted octanol–water partition coefficient (Wildman–Crippen LogP) is -0.103. The van der Waals surface area contributed by atoms with E-state index in [0.29, 0.717) is 6.04 Å². The number of aromatic amines is 1. The van der Waals surface area contributed by atoms with E-state index in [1.54, 1.807) is 0 Å². The minimum Gasteiger partial charge on any atom is -0.383 e. The molecule has 0 saturated carbocycles. The average Bonchev–Trinajstić information content (AvgIpc) is 2.97. The molecule has 0 spiro atoms. The van der Waals surface area contributed by atoms with Crippen LogP contribution in [0.4, 0.5) is 5.82 Å². The second kappa shape index (κ2) is 4.77. The number of nitrogens with zero attached hydrogens (tertiary/aromatic N) is 2. The lowest BCUT2D eigenvalue weighted by Gasteiger charge is -2.32. The summed E-state index contributed by atoms with van der Waals surface area (Å²) in [5.41, 5.74) is 5.59. The maximum absolute atomic E-state index is 12.3. The lowest BCUT2D eigenvalue weighted by Crippen LogP contribution is -2.46. The third kappa shape index (κ3) is 2.35. The Morgan fingerprint density at radius 2 is 2.21 bits per heavy atom. The number of nitrogen functional groups attached to an aromatic ring is 1. The minimum atomic E-state index is -3.58. The Balaban J connectivity index is 1.76. The van der Waals surface area contributed by atoms with Crippen LogP contribution in [0.25, 0.3) is 0 Å². The van der Waals surface area contributed by atoms with Gasteiger partial charge >= 0.3 is 0 Å². The van der Waals surface area contributed by atoms with Gasteiger partial charge in [-0.2, -0.15) is 5.10 Å². The Morgan fingerprint density at radius 3 is 2.95 bits per heavy atom. The summed E-state index contributed by atoms with van der Waals surface area (Å²) in [6, 6.07) is 0.316. The first kappa shape index (κ1) is 12.9. The highest BCUT2D eigenvalue weighted by atomic mass is 32.2. The summed E-state index contributed by atoms with van der Waals surface area (Å²) in [4.78, 5) is 2.43. The van der Waals surface area contributed by atoms with Crippen molar-refractivity contribution in [1.82, 2.24) is 19.8 Å². The van der Waals surface area contributed by atoms with Gasteiger partial charge in [0.2, 0.25) is 10.0 Å². The molecule has 1 aromatic rings. The van der Waals surface area contributed by atoms with E-state index in [0.717, 1.165) is 25.9 Å². The van der Waals surface area contributed by atoms with Crippen LogP contribution in [0, 0.1) is 0 Å². The number of anilines is 1. The Labute approximate surface area is 112 Å². The number of nitrogens with one attached hydrogen (secondary N) is 2. The molecular weight excluding hydrogens is 266 g/mol. The largest absolute Gasteiger partial charge is 0.383 e. The molecule has 8 heteroatoms. The van der Waals surface area contributed by atoms with Crippen molar-refractivity contribution in [3.63, 3.8) is 0 Å². The summed E-state index contributed by atoms with van der Waals surface area (Å²) in [5, 5.41) is 6.12. The molecule has 2 fully saturated rings. The molecule has 3 rings (SSSR count). The Kier molecular flexibility index (Phi) is 3.23. The van der Waals surface area contributed by atoms with Crippen LogP contribution in [0.15, 0.2) is 11.1 Å². The summed E-state index contributed by atoms with van der Waals surface area (Å²) in [6.45, 7) is 2.05. The van der Waals surface area contributed by atoms with Crippen molar-refractivity contribution < 1.29 is 8.42 Å². The van der Waals surface area contributed by atoms with E-state index in [1.807, 2.05) is 0 Å². The third-order valence-electron chi connectivity index (χ3n) is 4.08. The van der Waals surface area contributed by atoms with E-state index in [1.165, 1.54) is 19.0 Å². The molecule has 0 aromatic carbocycles. The van der Waals surface area contributed by atoms with E-state index in [2.05, 4.69) is 19.8 Å². The number of piperidine rings is 1. The molecule has 2 unspecified atom stereocenters. The highest BCUT2D eigenvalue weighted by Gasteiger charge is 2.38. The number of hydrogen-bond acceptors (Lipinski definition) is 5. The normalized spacial score (nSPS) is 28.4. The topological polar surface area (TPSA) is 104 Å². The van der Waals surface area contributed by atoms with Gasteiger partial charge in [0.05, 0.1) is 6.20 Å². The maximum atomic E-state index is 12.3. The van der Waals surface area contributed by atoms with Gasteiger partial charge in [0, 0.05) is 18.6 Å². The highest BCUT2D eigenvalue weighted by Crippen LogP contribution is 2.28. The van der Waals surface area contributed by atoms with Crippen molar-refractivity contribution in [2.45, 2.75) is 42.7 Å². The molecule has 106 valence electrons. The number of fused-ring (bicyclic) bond motifs is 1. The summed E-state index contributed by atoms with van der Waals surface area (Å²) >= 11 is 0. The van der Waals surface area contributed by atoms with Gasteiger partial charge in [0.15, 0.2) is 0 Å². The van der Waals surface area contributed by atoms with E-state index in [-0.39, 0.29) is 16.8 Å².